The van der Waals surface area contributed by atoms with E-state index in [1.54, 1.807) is 12.2 Å². The molecule has 4 N–H and O–H groups in total. The number of hydrogen-bond acceptors (Lipinski definition) is 2. The van der Waals surface area contributed by atoms with Gasteiger partial charge in [0.25, 0.3) is 0 Å². The summed E-state index contributed by atoms with van der Waals surface area (Å²) in [6, 6.07) is 8.65. The molecule has 0 saturated heterocycles. The van der Waals surface area contributed by atoms with E-state index in [1.165, 1.54) is 34.7 Å². The van der Waals surface area contributed by atoms with Gasteiger partial charge in [-0.1, -0.05) is 86.9 Å². The van der Waals surface area contributed by atoms with Gasteiger partial charge in [-0.05, 0) is 63.2 Å². The maximum atomic E-state index is 4.61. The van der Waals surface area contributed by atoms with E-state index in [1.807, 2.05) is 26.8 Å². The summed E-state index contributed by atoms with van der Waals surface area (Å²) in [6.45, 7) is 26.9. The van der Waals surface area contributed by atoms with Crippen molar-refractivity contribution >= 4 is 5.57 Å². The summed E-state index contributed by atoms with van der Waals surface area (Å²) in [7, 11) is 0. The molecular formula is C26H42N2. The molecule has 2 nitrogen and oxygen atoms in total. The van der Waals surface area contributed by atoms with Gasteiger partial charge in [0, 0.05) is 0 Å². The van der Waals surface area contributed by atoms with E-state index in [2.05, 4.69) is 94.6 Å². The Hall–Kier alpha value is -3.00. The lowest BCUT2D eigenvalue weighted by atomic mass is 10.0. The molecule has 156 valence electrons. The number of hydrogen-bond donors (Lipinski definition) is 2. The molecular weight excluding hydrogens is 340 g/mol. The molecule has 0 aliphatic heterocycles. The molecule has 0 fully saturated rings. The monoisotopic (exact) mass is 382 g/mol. The zero-order valence-electron chi connectivity index (χ0n) is 18.7. The molecule has 2 heteroatoms. The van der Waals surface area contributed by atoms with Crippen molar-refractivity contribution in [1.82, 2.24) is 0 Å². The van der Waals surface area contributed by atoms with Crippen molar-refractivity contribution in [3.8, 4) is 0 Å². The predicted molar refractivity (Wildman–Crippen MR) is 134 cm³/mol. The van der Waals surface area contributed by atoms with Gasteiger partial charge < -0.3 is 11.5 Å². The van der Waals surface area contributed by atoms with E-state index in [9.17, 15) is 0 Å². The number of benzene rings is 1. The molecule has 0 bridgehead atoms. The number of nitrogens with two attached hydrogens (primary N) is 2. The molecule has 0 amide bonds. The quantitative estimate of drug-likeness (QED) is 0.422. The highest BCUT2D eigenvalue weighted by Gasteiger charge is 1.97. The fourth-order valence-corrected chi connectivity index (χ4v) is 1.50. The Morgan fingerprint density at radius 2 is 1.43 bits per heavy atom. The summed E-state index contributed by atoms with van der Waals surface area (Å²) < 4.78 is 0. The molecule has 0 unspecified atom stereocenters. The normalized spacial score (nSPS) is 8.68. The van der Waals surface area contributed by atoms with Crippen molar-refractivity contribution in [2.75, 3.05) is 0 Å². The van der Waals surface area contributed by atoms with Gasteiger partial charge in [-0.3, -0.25) is 0 Å². The minimum Gasteiger partial charge on any atom is -0.405 e. The van der Waals surface area contributed by atoms with Crippen LogP contribution in [-0.2, 0) is 6.42 Å². The van der Waals surface area contributed by atoms with Crippen LogP contribution in [0.25, 0.3) is 5.57 Å². The number of aryl methyl sites for hydroxylation is 1. The third-order valence-electron chi connectivity index (χ3n) is 2.39. The van der Waals surface area contributed by atoms with Crippen LogP contribution in [0.1, 0.15) is 45.7 Å². The van der Waals surface area contributed by atoms with E-state index in [0.717, 1.165) is 6.42 Å². The SMILES string of the molecule is C=C(C)C.C=C/C=C\C(=C/C)c1cccc(CC)c1.C=CC.C=CN.C=CN. The summed E-state index contributed by atoms with van der Waals surface area (Å²) in [5.41, 5.74) is 14.3. The van der Waals surface area contributed by atoms with Crippen LogP contribution >= 0.6 is 0 Å². The van der Waals surface area contributed by atoms with Crippen LogP contribution < -0.4 is 11.5 Å². The first kappa shape index (κ1) is 32.7. The Morgan fingerprint density at radius 3 is 1.75 bits per heavy atom. The molecule has 0 saturated carbocycles. The second-order valence-electron chi connectivity index (χ2n) is 5.48. The predicted octanol–water partition coefficient (Wildman–Crippen LogP) is 7.35. The topological polar surface area (TPSA) is 52.0 Å². The smallest absolute Gasteiger partial charge is 0.0136 e. The standard InChI is InChI=1S/C15H18.C4H8.C3H6.2C2H5N/c1-4-7-10-14(6-3)15-11-8-9-13(5-2)12-15;1-4(2)3;1-3-2;2*1-2-3/h4,6-12H,1,5H2,2-3H3;1H2,2-3H3;3H,1H2,2H3;2*2H,1,3H2/b10-7-,14-6+;;;;. The maximum absolute atomic E-state index is 4.61. The molecule has 1 aromatic carbocycles. The van der Waals surface area contributed by atoms with E-state index < -0.39 is 0 Å². The molecule has 0 spiro atoms. The maximum Gasteiger partial charge on any atom is -0.0136 e. The Balaban J connectivity index is -0.000000182. The van der Waals surface area contributed by atoms with E-state index >= 15 is 0 Å². The van der Waals surface area contributed by atoms with Crippen LogP contribution in [0.5, 0.6) is 0 Å². The number of allylic oxidation sites excluding steroid dienone is 7. The molecule has 0 radical (unpaired) electrons. The van der Waals surface area contributed by atoms with Gasteiger partial charge in [0.1, 0.15) is 0 Å². The van der Waals surface area contributed by atoms with E-state index in [0.29, 0.717) is 0 Å². The molecule has 1 rings (SSSR count). The zero-order chi connectivity index (χ0) is 22.8. The summed E-state index contributed by atoms with van der Waals surface area (Å²) in [5.74, 6) is 0. The highest BCUT2D eigenvalue weighted by Crippen LogP contribution is 2.17. The van der Waals surface area contributed by atoms with E-state index in [4.69, 9.17) is 0 Å². The van der Waals surface area contributed by atoms with Crippen molar-refractivity contribution in [3.05, 3.63) is 117 Å². The number of rotatable bonds is 4. The molecule has 0 heterocycles. The van der Waals surface area contributed by atoms with Crippen LogP contribution in [0.3, 0.4) is 0 Å². The third-order valence-corrected chi connectivity index (χ3v) is 2.39. The Kier molecular flexibility index (Phi) is 33.6. The first-order chi connectivity index (χ1) is 13.3. The largest absolute Gasteiger partial charge is 0.405 e. The summed E-state index contributed by atoms with van der Waals surface area (Å²) >= 11 is 0. The fourth-order valence-electron chi connectivity index (χ4n) is 1.50. The van der Waals surface area contributed by atoms with Gasteiger partial charge >= 0.3 is 0 Å². The summed E-state index contributed by atoms with van der Waals surface area (Å²) in [4.78, 5) is 0. The van der Waals surface area contributed by atoms with Crippen molar-refractivity contribution < 1.29 is 0 Å². The molecule has 0 aliphatic rings. The Morgan fingerprint density at radius 1 is 1.00 bits per heavy atom. The fraction of sp³-hybridized carbons (Fsp3) is 0.231. The molecule has 1 aromatic rings. The first-order valence-electron chi connectivity index (χ1n) is 9.18. The van der Waals surface area contributed by atoms with Crippen molar-refractivity contribution in [2.45, 2.75) is 41.0 Å². The highest BCUT2D eigenvalue weighted by molar-refractivity contribution is 5.74. The Bertz CT molecular complexity index is 572. The minimum atomic E-state index is 1.08. The lowest BCUT2D eigenvalue weighted by molar-refractivity contribution is 1.14. The van der Waals surface area contributed by atoms with Crippen LogP contribution in [0.4, 0.5) is 0 Å². The summed E-state index contributed by atoms with van der Waals surface area (Å²) in [5, 5.41) is 0. The van der Waals surface area contributed by atoms with Gasteiger partial charge in [0.05, 0.1) is 0 Å². The molecule has 0 atom stereocenters. The Labute approximate surface area is 175 Å². The lowest BCUT2D eigenvalue weighted by Gasteiger charge is -2.04. The third kappa shape index (κ3) is 30.8. The van der Waals surface area contributed by atoms with Gasteiger partial charge in [-0.15, -0.1) is 13.2 Å². The van der Waals surface area contributed by atoms with Crippen molar-refractivity contribution in [3.63, 3.8) is 0 Å². The molecule has 0 aliphatic carbocycles. The van der Waals surface area contributed by atoms with Crippen LogP contribution in [0, 0.1) is 0 Å². The van der Waals surface area contributed by atoms with Gasteiger partial charge in [-0.25, -0.2) is 0 Å². The van der Waals surface area contributed by atoms with Gasteiger partial charge in [0.15, 0.2) is 0 Å². The lowest BCUT2D eigenvalue weighted by Crippen LogP contribution is -1.84. The first-order valence-corrected chi connectivity index (χ1v) is 9.18. The molecule has 28 heavy (non-hydrogen) atoms. The molecule has 0 aromatic heterocycles. The van der Waals surface area contributed by atoms with Crippen LogP contribution in [0.2, 0.25) is 0 Å². The van der Waals surface area contributed by atoms with Crippen LogP contribution in [-0.4, -0.2) is 0 Å². The van der Waals surface area contributed by atoms with Crippen molar-refractivity contribution in [2.24, 2.45) is 11.5 Å². The van der Waals surface area contributed by atoms with E-state index in [-0.39, 0.29) is 0 Å². The minimum absolute atomic E-state index is 1.08. The zero-order valence-corrected chi connectivity index (χ0v) is 18.7. The van der Waals surface area contributed by atoms with Crippen LogP contribution in [0.15, 0.2) is 106 Å². The average molecular weight is 383 g/mol. The average Bonchev–Trinajstić information content (AvgIpc) is 2.64. The van der Waals surface area contributed by atoms with Crippen molar-refractivity contribution in [1.29, 1.82) is 0 Å². The highest BCUT2D eigenvalue weighted by atomic mass is 14.5. The second-order valence-corrected chi connectivity index (χ2v) is 5.48. The summed E-state index contributed by atoms with van der Waals surface area (Å²) in [6.07, 6.45) is 13.3. The van der Waals surface area contributed by atoms with Gasteiger partial charge in [0.2, 0.25) is 0 Å². The second kappa shape index (κ2) is 28.8. The van der Waals surface area contributed by atoms with Gasteiger partial charge in [-0.2, -0.15) is 0 Å².